The summed E-state index contributed by atoms with van der Waals surface area (Å²) in [6.45, 7) is -0.0351. The summed E-state index contributed by atoms with van der Waals surface area (Å²) in [4.78, 5) is 11.9. The number of benzene rings is 1. The van der Waals surface area contributed by atoms with Crippen LogP contribution in [0.4, 0.5) is 19.3 Å². The van der Waals surface area contributed by atoms with Gasteiger partial charge < -0.3 is 10.6 Å². The van der Waals surface area contributed by atoms with Crippen LogP contribution >= 0.6 is 0 Å². The lowest BCUT2D eigenvalue weighted by atomic mass is 9.96. The van der Waals surface area contributed by atoms with Crippen molar-refractivity contribution in [1.82, 2.24) is 10.6 Å². The van der Waals surface area contributed by atoms with Gasteiger partial charge in [0.15, 0.2) is 11.6 Å². The molecule has 0 radical (unpaired) electrons. The lowest BCUT2D eigenvalue weighted by molar-refractivity contribution is 0.233. The standard InChI is InChI=1S/C16H23F2N3O3S/c1-25(23,24)21(13-7-8-14(17)15(18)11-13)10-9-19-16(22)20-12-5-3-2-4-6-12/h7-8,11-12H,2-6,9-10H2,1H3,(H2,19,20,22). The molecule has 1 aliphatic rings. The van der Waals surface area contributed by atoms with Gasteiger partial charge in [0.1, 0.15) is 0 Å². The zero-order chi connectivity index (χ0) is 18.4. The topological polar surface area (TPSA) is 78.5 Å². The van der Waals surface area contributed by atoms with Crippen LogP contribution in [-0.2, 0) is 10.0 Å². The van der Waals surface area contributed by atoms with Crippen molar-refractivity contribution in [1.29, 1.82) is 0 Å². The Morgan fingerprint density at radius 1 is 1.20 bits per heavy atom. The van der Waals surface area contributed by atoms with E-state index in [0.29, 0.717) is 0 Å². The molecule has 0 aliphatic heterocycles. The van der Waals surface area contributed by atoms with Gasteiger partial charge in [-0.2, -0.15) is 0 Å². The summed E-state index contributed by atoms with van der Waals surface area (Å²) in [5.74, 6) is -2.18. The van der Waals surface area contributed by atoms with Crippen molar-refractivity contribution in [2.45, 2.75) is 38.1 Å². The third kappa shape index (κ3) is 5.84. The number of hydrogen-bond donors (Lipinski definition) is 2. The van der Waals surface area contributed by atoms with Gasteiger partial charge in [0.2, 0.25) is 10.0 Å². The first-order valence-corrected chi connectivity index (χ1v) is 10.1. The van der Waals surface area contributed by atoms with Crippen molar-refractivity contribution in [2.24, 2.45) is 0 Å². The van der Waals surface area contributed by atoms with Crippen LogP contribution in [0.15, 0.2) is 18.2 Å². The van der Waals surface area contributed by atoms with E-state index < -0.39 is 21.7 Å². The minimum atomic E-state index is -3.70. The number of rotatable bonds is 6. The second kappa shape index (κ2) is 8.46. The van der Waals surface area contributed by atoms with Crippen LogP contribution < -0.4 is 14.9 Å². The van der Waals surface area contributed by atoms with Gasteiger partial charge in [-0.1, -0.05) is 19.3 Å². The third-order valence-electron chi connectivity index (χ3n) is 4.13. The smallest absolute Gasteiger partial charge is 0.315 e. The number of nitrogens with one attached hydrogen (secondary N) is 2. The molecule has 1 aromatic rings. The summed E-state index contributed by atoms with van der Waals surface area (Å²) in [5.41, 5.74) is 0.0101. The lowest BCUT2D eigenvalue weighted by Crippen LogP contribution is -2.45. The molecule has 2 amide bonds. The Balaban J connectivity index is 1.92. The minimum Gasteiger partial charge on any atom is -0.336 e. The van der Waals surface area contributed by atoms with Crippen molar-refractivity contribution in [3.05, 3.63) is 29.8 Å². The Kier molecular flexibility index (Phi) is 6.57. The fraction of sp³-hybridized carbons (Fsp3) is 0.562. The van der Waals surface area contributed by atoms with Crippen LogP contribution in [0.1, 0.15) is 32.1 Å². The molecule has 0 bridgehead atoms. The van der Waals surface area contributed by atoms with Crippen LogP contribution in [0, 0.1) is 11.6 Å². The molecule has 1 aliphatic carbocycles. The van der Waals surface area contributed by atoms with Gasteiger partial charge in [0.05, 0.1) is 18.5 Å². The van der Waals surface area contributed by atoms with Gasteiger partial charge in [-0.25, -0.2) is 22.0 Å². The lowest BCUT2D eigenvalue weighted by Gasteiger charge is -2.24. The molecule has 0 heterocycles. The Morgan fingerprint density at radius 3 is 2.48 bits per heavy atom. The molecule has 2 N–H and O–H groups in total. The molecule has 6 nitrogen and oxygen atoms in total. The fourth-order valence-corrected chi connectivity index (χ4v) is 3.80. The highest BCUT2D eigenvalue weighted by Crippen LogP contribution is 2.20. The Bertz CT molecular complexity index is 707. The Hall–Kier alpha value is -1.90. The molecule has 1 fully saturated rings. The minimum absolute atomic E-state index is 0.0101. The van der Waals surface area contributed by atoms with Crippen LogP contribution in [0.2, 0.25) is 0 Å². The maximum Gasteiger partial charge on any atom is 0.315 e. The van der Waals surface area contributed by atoms with Gasteiger partial charge in [-0.3, -0.25) is 4.31 Å². The quantitative estimate of drug-likeness (QED) is 0.801. The predicted molar refractivity (Wildman–Crippen MR) is 92.0 cm³/mol. The van der Waals surface area contributed by atoms with Crippen LogP contribution in [0.5, 0.6) is 0 Å². The van der Waals surface area contributed by atoms with Gasteiger partial charge in [0.25, 0.3) is 0 Å². The van der Waals surface area contributed by atoms with Crippen molar-refractivity contribution in [3.63, 3.8) is 0 Å². The van der Waals surface area contributed by atoms with Gasteiger partial charge in [-0.05, 0) is 25.0 Å². The van der Waals surface area contributed by atoms with Crippen molar-refractivity contribution in [3.8, 4) is 0 Å². The number of carbonyl (C=O) groups excluding carboxylic acids is 1. The van der Waals surface area contributed by atoms with Crippen molar-refractivity contribution in [2.75, 3.05) is 23.7 Å². The number of nitrogens with zero attached hydrogens (tertiary/aromatic N) is 1. The van der Waals surface area contributed by atoms with Crippen LogP contribution in [0.25, 0.3) is 0 Å². The van der Waals surface area contributed by atoms with E-state index in [1.165, 1.54) is 12.5 Å². The summed E-state index contributed by atoms with van der Waals surface area (Å²) in [6, 6.07) is 2.66. The largest absolute Gasteiger partial charge is 0.336 e. The second-order valence-corrected chi connectivity index (χ2v) is 8.08. The number of sulfonamides is 1. The predicted octanol–water partition coefficient (Wildman–Crippen LogP) is 2.36. The molecule has 140 valence electrons. The molecule has 1 aromatic carbocycles. The number of urea groups is 1. The van der Waals surface area contributed by atoms with Gasteiger partial charge >= 0.3 is 6.03 Å². The Morgan fingerprint density at radius 2 is 1.88 bits per heavy atom. The maximum atomic E-state index is 13.4. The number of hydrogen-bond acceptors (Lipinski definition) is 3. The summed E-state index contributed by atoms with van der Waals surface area (Å²) in [7, 11) is -3.70. The molecule has 0 aromatic heterocycles. The Labute approximate surface area is 146 Å². The first-order chi connectivity index (χ1) is 11.8. The normalized spacial score (nSPS) is 15.6. The van der Waals surface area contributed by atoms with Crippen molar-refractivity contribution >= 4 is 21.7 Å². The summed E-state index contributed by atoms with van der Waals surface area (Å²) >= 11 is 0. The highest BCUT2D eigenvalue weighted by molar-refractivity contribution is 7.92. The van der Waals surface area contributed by atoms with Crippen LogP contribution in [-0.4, -0.2) is 39.8 Å². The van der Waals surface area contributed by atoms with Crippen LogP contribution in [0.3, 0.4) is 0 Å². The average molecular weight is 375 g/mol. The highest BCUT2D eigenvalue weighted by Gasteiger charge is 2.20. The second-order valence-electron chi connectivity index (χ2n) is 6.17. The van der Waals surface area contributed by atoms with E-state index in [4.69, 9.17) is 0 Å². The maximum absolute atomic E-state index is 13.4. The molecule has 0 unspecified atom stereocenters. The molecule has 2 rings (SSSR count). The molecular formula is C16H23F2N3O3S. The average Bonchev–Trinajstić information content (AvgIpc) is 2.54. The van der Waals surface area contributed by atoms with E-state index >= 15 is 0 Å². The zero-order valence-electron chi connectivity index (χ0n) is 14.1. The molecule has 0 atom stereocenters. The summed E-state index contributed by atoms with van der Waals surface area (Å²) in [5, 5.41) is 5.46. The highest BCUT2D eigenvalue weighted by atomic mass is 32.2. The zero-order valence-corrected chi connectivity index (χ0v) is 14.9. The molecule has 9 heteroatoms. The van der Waals surface area contributed by atoms with Crippen molar-refractivity contribution < 1.29 is 22.0 Å². The molecular weight excluding hydrogens is 352 g/mol. The molecule has 25 heavy (non-hydrogen) atoms. The number of carbonyl (C=O) groups is 1. The summed E-state index contributed by atoms with van der Waals surface area (Å²) in [6.07, 6.45) is 6.20. The number of amides is 2. The van der Waals surface area contributed by atoms with E-state index in [1.54, 1.807) is 0 Å². The number of halogens is 2. The molecule has 0 spiro atoms. The molecule has 0 saturated heterocycles. The number of anilines is 1. The monoisotopic (exact) mass is 375 g/mol. The summed E-state index contributed by atoms with van der Waals surface area (Å²) < 4.78 is 51.1. The first kappa shape index (κ1) is 19.4. The van der Waals surface area contributed by atoms with E-state index in [-0.39, 0.29) is 30.8 Å². The van der Waals surface area contributed by atoms with E-state index in [1.807, 2.05) is 0 Å². The van der Waals surface area contributed by atoms with E-state index in [9.17, 15) is 22.0 Å². The molecule has 1 saturated carbocycles. The fourth-order valence-electron chi connectivity index (χ4n) is 2.88. The van der Waals surface area contributed by atoms with Gasteiger partial charge in [0, 0.05) is 18.7 Å². The van der Waals surface area contributed by atoms with E-state index in [2.05, 4.69) is 10.6 Å². The van der Waals surface area contributed by atoms with Gasteiger partial charge in [-0.15, -0.1) is 0 Å². The first-order valence-electron chi connectivity index (χ1n) is 8.24. The third-order valence-corrected chi connectivity index (χ3v) is 5.33. The SMILES string of the molecule is CS(=O)(=O)N(CCNC(=O)NC1CCCCC1)c1ccc(F)c(F)c1. The van der Waals surface area contributed by atoms with E-state index in [0.717, 1.165) is 48.4 Å².